The van der Waals surface area contributed by atoms with E-state index < -0.39 is 12.0 Å². The number of carbonyl (C=O) groups excluding carboxylic acids is 2. The molecule has 0 radical (unpaired) electrons. The van der Waals surface area contributed by atoms with E-state index in [4.69, 9.17) is 11.6 Å². The van der Waals surface area contributed by atoms with Gasteiger partial charge in [0.25, 0.3) is 5.91 Å². The summed E-state index contributed by atoms with van der Waals surface area (Å²) in [4.78, 5) is 25.2. The molecule has 6 heteroatoms. The Morgan fingerprint density at radius 3 is 2.82 bits per heavy atom. The largest absolute Gasteiger partial charge is 0.274 e. The molecular weight excluding hydrogens is 242 g/mol. The molecule has 2 heterocycles. The molecule has 0 N–H and O–H groups in total. The average Bonchev–Trinajstić information content (AvgIpc) is 2.84. The van der Waals surface area contributed by atoms with Gasteiger partial charge in [-0.15, -0.1) is 0 Å². The second kappa shape index (κ2) is 3.63. The average molecular weight is 250 g/mol. The summed E-state index contributed by atoms with van der Waals surface area (Å²) in [6.45, 7) is 0.298. The van der Waals surface area contributed by atoms with Crippen LogP contribution in [0.3, 0.4) is 0 Å². The number of carbonyl (C=O) groups is 2. The molecule has 1 aromatic rings. The molecule has 2 amide bonds. The van der Waals surface area contributed by atoms with Crippen molar-refractivity contribution in [1.29, 1.82) is 0 Å². The molecule has 1 aromatic carbocycles. The van der Waals surface area contributed by atoms with Gasteiger partial charge in [0.15, 0.2) is 6.04 Å². The van der Waals surface area contributed by atoms with Gasteiger partial charge in [0, 0.05) is 5.02 Å². The summed E-state index contributed by atoms with van der Waals surface area (Å²) in [5.41, 5.74) is 0.497. The van der Waals surface area contributed by atoms with Crippen molar-refractivity contribution in [2.24, 2.45) is 16.1 Å². The summed E-state index contributed by atoms with van der Waals surface area (Å²) in [7, 11) is 0. The number of halogens is 1. The lowest BCUT2D eigenvalue weighted by atomic mass is 10.1. The van der Waals surface area contributed by atoms with Gasteiger partial charge in [-0.1, -0.05) is 17.7 Å². The Hall–Kier alpha value is -1.75. The topological polar surface area (TPSA) is 62.1 Å². The maximum absolute atomic E-state index is 12.1. The molecule has 2 atom stereocenters. The SMILES string of the molecule is O=C1C2CN=NC2C(=O)N1c1cccc(Cl)c1. The van der Waals surface area contributed by atoms with Crippen LogP contribution in [-0.2, 0) is 9.59 Å². The van der Waals surface area contributed by atoms with Crippen molar-refractivity contribution in [2.45, 2.75) is 6.04 Å². The molecule has 0 saturated carbocycles. The lowest BCUT2D eigenvalue weighted by Crippen LogP contribution is -2.31. The van der Waals surface area contributed by atoms with Gasteiger partial charge >= 0.3 is 0 Å². The van der Waals surface area contributed by atoms with Crippen LogP contribution in [0.1, 0.15) is 0 Å². The number of hydrogen-bond acceptors (Lipinski definition) is 4. The number of fused-ring (bicyclic) bond motifs is 1. The van der Waals surface area contributed by atoms with Crippen LogP contribution in [0.5, 0.6) is 0 Å². The predicted octanol–water partition coefficient (Wildman–Crippen LogP) is 1.66. The number of azo groups is 1. The normalized spacial score (nSPS) is 26.8. The maximum Gasteiger partial charge on any atom is 0.261 e. The number of anilines is 1. The van der Waals surface area contributed by atoms with E-state index in [1.165, 1.54) is 0 Å². The first-order valence-corrected chi connectivity index (χ1v) is 5.56. The molecule has 2 aliphatic rings. The Labute approximate surface area is 102 Å². The monoisotopic (exact) mass is 249 g/mol. The van der Waals surface area contributed by atoms with Gasteiger partial charge < -0.3 is 0 Å². The Kier molecular flexibility index (Phi) is 2.22. The van der Waals surface area contributed by atoms with Crippen LogP contribution in [0.2, 0.25) is 5.02 Å². The predicted molar refractivity (Wildman–Crippen MR) is 60.9 cm³/mol. The number of nitrogens with zero attached hydrogens (tertiary/aromatic N) is 3. The van der Waals surface area contributed by atoms with Crippen LogP contribution in [0.25, 0.3) is 0 Å². The molecular formula is C11H8ClN3O2. The molecule has 86 valence electrons. The summed E-state index contributed by atoms with van der Waals surface area (Å²) < 4.78 is 0. The summed E-state index contributed by atoms with van der Waals surface area (Å²) in [6.07, 6.45) is 0. The first-order chi connectivity index (χ1) is 8.18. The summed E-state index contributed by atoms with van der Waals surface area (Å²) in [5.74, 6) is -0.989. The maximum atomic E-state index is 12.1. The number of rotatable bonds is 1. The van der Waals surface area contributed by atoms with Crippen LogP contribution in [0.4, 0.5) is 5.69 Å². The highest BCUT2D eigenvalue weighted by Crippen LogP contribution is 2.32. The lowest BCUT2D eigenvalue weighted by Gasteiger charge is -2.14. The van der Waals surface area contributed by atoms with Crippen molar-refractivity contribution in [3.8, 4) is 0 Å². The molecule has 0 spiro atoms. The van der Waals surface area contributed by atoms with E-state index >= 15 is 0 Å². The van der Waals surface area contributed by atoms with Crippen molar-refractivity contribution in [1.82, 2.24) is 0 Å². The van der Waals surface area contributed by atoms with E-state index in [1.807, 2.05) is 0 Å². The Morgan fingerprint density at radius 1 is 1.29 bits per heavy atom. The first kappa shape index (κ1) is 10.4. The zero-order chi connectivity index (χ0) is 12.0. The van der Waals surface area contributed by atoms with Crippen LogP contribution in [0.15, 0.2) is 34.5 Å². The van der Waals surface area contributed by atoms with E-state index in [9.17, 15) is 9.59 Å². The number of amides is 2. The van der Waals surface area contributed by atoms with Crippen LogP contribution in [0, 0.1) is 5.92 Å². The number of benzene rings is 1. The van der Waals surface area contributed by atoms with Gasteiger partial charge in [0.2, 0.25) is 5.91 Å². The van der Waals surface area contributed by atoms with E-state index in [2.05, 4.69) is 10.2 Å². The fourth-order valence-electron chi connectivity index (χ4n) is 2.11. The van der Waals surface area contributed by atoms with Gasteiger partial charge in [-0.3, -0.25) is 9.59 Å². The van der Waals surface area contributed by atoms with Gasteiger partial charge in [-0.05, 0) is 18.2 Å². The van der Waals surface area contributed by atoms with Crippen molar-refractivity contribution < 1.29 is 9.59 Å². The van der Waals surface area contributed by atoms with Gasteiger partial charge in [-0.2, -0.15) is 10.2 Å². The van der Waals surface area contributed by atoms with Crippen molar-refractivity contribution in [3.05, 3.63) is 29.3 Å². The third-order valence-corrected chi connectivity index (χ3v) is 3.18. The smallest absolute Gasteiger partial charge is 0.261 e. The zero-order valence-corrected chi connectivity index (χ0v) is 9.46. The van der Waals surface area contributed by atoms with Crippen molar-refractivity contribution in [3.63, 3.8) is 0 Å². The van der Waals surface area contributed by atoms with Crippen molar-refractivity contribution >= 4 is 29.1 Å². The second-order valence-electron chi connectivity index (χ2n) is 3.98. The van der Waals surface area contributed by atoms with Crippen LogP contribution >= 0.6 is 11.6 Å². The molecule has 2 unspecified atom stereocenters. The molecule has 3 rings (SSSR count). The van der Waals surface area contributed by atoms with Crippen molar-refractivity contribution in [2.75, 3.05) is 11.4 Å². The second-order valence-corrected chi connectivity index (χ2v) is 4.42. The van der Waals surface area contributed by atoms with Gasteiger partial charge in [0.05, 0.1) is 18.2 Å². The van der Waals surface area contributed by atoms with E-state index in [0.717, 1.165) is 4.90 Å². The minimum Gasteiger partial charge on any atom is -0.274 e. The van der Waals surface area contributed by atoms with Gasteiger partial charge in [0.1, 0.15) is 0 Å². The molecule has 0 bridgehead atoms. The van der Waals surface area contributed by atoms with Crippen LogP contribution < -0.4 is 4.90 Å². The third kappa shape index (κ3) is 1.46. The molecule has 0 aliphatic carbocycles. The Morgan fingerprint density at radius 2 is 2.12 bits per heavy atom. The standard InChI is InChI=1S/C11H8ClN3O2/c12-6-2-1-3-7(4-6)15-10(16)8-5-13-14-9(8)11(15)17/h1-4,8-9H,5H2. The summed E-state index contributed by atoms with van der Waals surface area (Å²) >= 11 is 5.85. The minimum absolute atomic E-state index is 0.243. The Balaban J connectivity index is 2.02. The van der Waals surface area contributed by atoms with E-state index in [0.29, 0.717) is 17.3 Å². The zero-order valence-electron chi connectivity index (χ0n) is 8.71. The highest BCUT2D eigenvalue weighted by molar-refractivity contribution is 6.31. The Bertz CT molecular complexity index is 543. The van der Waals surface area contributed by atoms with E-state index in [1.54, 1.807) is 24.3 Å². The number of imide groups is 1. The third-order valence-electron chi connectivity index (χ3n) is 2.94. The quantitative estimate of drug-likeness (QED) is 0.711. The van der Waals surface area contributed by atoms with Crippen LogP contribution in [-0.4, -0.2) is 24.4 Å². The molecule has 1 saturated heterocycles. The summed E-state index contributed by atoms with van der Waals surface area (Å²) in [5, 5.41) is 8.04. The fraction of sp³-hybridized carbons (Fsp3) is 0.273. The number of hydrogen-bond donors (Lipinski definition) is 0. The molecule has 2 aliphatic heterocycles. The summed E-state index contributed by atoms with van der Waals surface area (Å²) in [6, 6.07) is 6.03. The molecule has 5 nitrogen and oxygen atoms in total. The minimum atomic E-state index is -0.638. The highest BCUT2D eigenvalue weighted by Gasteiger charge is 2.50. The first-order valence-electron chi connectivity index (χ1n) is 5.18. The molecule has 17 heavy (non-hydrogen) atoms. The lowest BCUT2D eigenvalue weighted by molar-refractivity contribution is -0.122. The van der Waals surface area contributed by atoms with Gasteiger partial charge in [-0.25, -0.2) is 4.90 Å². The fourth-order valence-corrected chi connectivity index (χ4v) is 2.30. The molecule has 0 aromatic heterocycles. The molecule has 1 fully saturated rings. The van der Waals surface area contributed by atoms with E-state index in [-0.39, 0.29) is 11.8 Å². The highest BCUT2D eigenvalue weighted by atomic mass is 35.5.